The molecule has 1 saturated carbocycles. The van der Waals surface area contributed by atoms with Crippen molar-refractivity contribution in [1.82, 2.24) is 15.0 Å². The van der Waals surface area contributed by atoms with Crippen LogP contribution in [0.1, 0.15) is 28.8 Å². The summed E-state index contributed by atoms with van der Waals surface area (Å²) in [5.41, 5.74) is 11.6. The normalized spacial score (nSPS) is 13.7. The molecule has 0 saturated heterocycles. The van der Waals surface area contributed by atoms with Crippen LogP contribution in [0.2, 0.25) is 0 Å². The molecule has 1 amide bonds. The summed E-state index contributed by atoms with van der Waals surface area (Å²) in [6, 6.07) is 18.7. The second-order valence-corrected chi connectivity index (χ2v) is 7.43. The zero-order valence-corrected chi connectivity index (χ0v) is 15.4. The molecule has 0 spiro atoms. The van der Waals surface area contributed by atoms with Crippen molar-refractivity contribution >= 4 is 17.1 Å². The highest BCUT2D eigenvalue weighted by Crippen LogP contribution is 2.33. The molecular weight excluding hydrogens is 348 g/mol. The molecule has 3 N–H and O–H groups in total. The van der Waals surface area contributed by atoms with Gasteiger partial charge in [-0.05, 0) is 47.9 Å². The van der Waals surface area contributed by atoms with Gasteiger partial charge in [0.15, 0.2) is 5.65 Å². The van der Waals surface area contributed by atoms with Gasteiger partial charge in [0.1, 0.15) is 5.82 Å². The van der Waals surface area contributed by atoms with Crippen LogP contribution in [0.4, 0.5) is 0 Å². The first kappa shape index (κ1) is 16.7. The number of hydrogen-bond donors (Lipinski definition) is 2. The largest absolute Gasteiger partial charge is 0.366 e. The number of nitrogens with two attached hydrogens (primary N) is 1. The van der Waals surface area contributed by atoms with E-state index < -0.39 is 5.91 Å². The lowest BCUT2D eigenvalue weighted by molar-refractivity contribution is 0.100. The fraction of sp³-hybridized carbons (Fsp3) is 0.174. The molecule has 1 aliphatic rings. The van der Waals surface area contributed by atoms with Crippen LogP contribution in [0.25, 0.3) is 33.7 Å². The van der Waals surface area contributed by atoms with Crippen LogP contribution in [-0.4, -0.2) is 20.9 Å². The smallest absolute Gasteiger partial charge is 0.251 e. The Morgan fingerprint density at radius 3 is 2.25 bits per heavy atom. The van der Waals surface area contributed by atoms with Crippen molar-refractivity contribution in [2.45, 2.75) is 19.3 Å². The Labute approximate surface area is 162 Å². The number of benzene rings is 2. The van der Waals surface area contributed by atoms with E-state index in [1.165, 1.54) is 30.4 Å². The number of carbonyl (C=O) groups is 1. The third-order valence-electron chi connectivity index (χ3n) is 5.32. The van der Waals surface area contributed by atoms with Crippen molar-refractivity contribution < 1.29 is 4.79 Å². The summed E-state index contributed by atoms with van der Waals surface area (Å²) in [6.07, 6.45) is 5.50. The monoisotopic (exact) mass is 368 g/mol. The Morgan fingerprint density at radius 1 is 0.964 bits per heavy atom. The van der Waals surface area contributed by atoms with Gasteiger partial charge >= 0.3 is 0 Å². The minimum atomic E-state index is -0.497. The van der Waals surface area contributed by atoms with E-state index in [1.807, 2.05) is 12.1 Å². The molecule has 2 aromatic heterocycles. The number of imidazole rings is 1. The fourth-order valence-electron chi connectivity index (χ4n) is 3.56. The lowest BCUT2D eigenvalue weighted by atomic mass is 10.0. The van der Waals surface area contributed by atoms with E-state index in [4.69, 9.17) is 5.73 Å². The average molecular weight is 368 g/mol. The molecule has 5 rings (SSSR count). The molecule has 1 fully saturated rings. The van der Waals surface area contributed by atoms with Gasteiger partial charge in [0, 0.05) is 11.8 Å². The zero-order chi connectivity index (χ0) is 19.1. The number of pyridine rings is 1. The van der Waals surface area contributed by atoms with Gasteiger partial charge in [-0.25, -0.2) is 9.97 Å². The molecule has 0 aliphatic heterocycles. The third kappa shape index (κ3) is 3.16. The summed E-state index contributed by atoms with van der Waals surface area (Å²) < 4.78 is 0. The first-order chi connectivity index (χ1) is 13.7. The van der Waals surface area contributed by atoms with Crippen molar-refractivity contribution in [3.05, 3.63) is 71.9 Å². The van der Waals surface area contributed by atoms with E-state index in [-0.39, 0.29) is 0 Å². The van der Waals surface area contributed by atoms with Gasteiger partial charge in [-0.2, -0.15) is 0 Å². The van der Waals surface area contributed by atoms with Gasteiger partial charge in [0.25, 0.3) is 5.91 Å². The number of hydrogen-bond acceptors (Lipinski definition) is 3. The molecule has 1 aliphatic carbocycles. The number of primary amides is 1. The second-order valence-electron chi connectivity index (χ2n) is 7.43. The highest BCUT2D eigenvalue weighted by molar-refractivity contribution is 6.03. The van der Waals surface area contributed by atoms with Gasteiger partial charge in [-0.3, -0.25) is 4.79 Å². The second kappa shape index (κ2) is 6.60. The molecule has 5 heteroatoms. The van der Waals surface area contributed by atoms with E-state index >= 15 is 0 Å². The van der Waals surface area contributed by atoms with Gasteiger partial charge in [0.2, 0.25) is 0 Å². The topological polar surface area (TPSA) is 84.7 Å². The molecule has 0 unspecified atom stereocenters. The van der Waals surface area contributed by atoms with Crippen molar-refractivity contribution in [2.24, 2.45) is 11.7 Å². The molecule has 28 heavy (non-hydrogen) atoms. The summed E-state index contributed by atoms with van der Waals surface area (Å²) in [7, 11) is 0. The van der Waals surface area contributed by atoms with Crippen LogP contribution in [0.3, 0.4) is 0 Å². The number of aromatic nitrogens is 3. The van der Waals surface area contributed by atoms with Gasteiger partial charge in [-0.15, -0.1) is 0 Å². The van der Waals surface area contributed by atoms with E-state index in [0.29, 0.717) is 22.6 Å². The maximum absolute atomic E-state index is 11.6. The minimum absolute atomic E-state index is 0.395. The van der Waals surface area contributed by atoms with Crippen molar-refractivity contribution in [3.63, 3.8) is 0 Å². The Kier molecular flexibility index (Phi) is 3.93. The summed E-state index contributed by atoms with van der Waals surface area (Å²) in [5, 5.41) is 0. The number of amides is 1. The Bertz CT molecular complexity index is 1160. The standard InChI is InChI=1S/C23H20N4O/c24-21(28)19-11-12-25-23-20(19)26-22(27-23)18-9-7-17(8-10-18)16-5-3-15(4-6-16)13-14-1-2-14/h3-12,14H,1-2,13H2,(H2,24,28)(H,25,26,27). The summed E-state index contributed by atoms with van der Waals surface area (Å²) in [6.45, 7) is 0. The number of H-pyrrole nitrogens is 1. The maximum atomic E-state index is 11.6. The van der Waals surface area contributed by atoms with Crippen LogP contribution in [0, 0.1) is 5.92 Å². The zero-order valence-electron chi connectivity index (χ0n) is 15.4. The van der Waals surface area contributed by atoms with E-state index in [2.05, 4.69) is 51.4 Å². The number of nitrogens with one attached hydrogen (secondary N) is 1. The number of fused-ring (bicyclic) bond motifs is 1. The molecule has 0 bridgehead atoms. The third-order valence-corrected chi connectivity index (χ3v) is 5.32. The summed E-state index contributed by atoms with van der Waals surface area (Å²) in [5.74, 6) is 1.07. The molecule has 2 heterocycles. The summed E-state index contributed by atoms with van der Waals surface area (Å²) >= 11 is 0. The first-order valence-electron chi connectivity index (χ1n) is 9.51. The Hall–Kier alpha value is -3.47. The van der Waals surface area contributed by atoms with E-state index in [9.17, 15) is 4.79 Å². The Morgan fingerprint density at radius 2 is 1.61 bits per heavy atom. The van der Waals surface area contributed by atoms with Crippen LogP contribution < -0.4 is 5.73 Å². The summed E-state index contributed by atoms with van der Waals surface area (Å²) in [4.78, 5) is 23.5. The maximum Gasteiger partial charge on any atom is 0.251 e. The van der Waals surface area contributed by atoms with Gasteiger partial charge < -0.3 is 10.7 Å². The number of nitrogens with zero attached hydrogens (tertiary/aromatic N) is 2. The van der Waals surface area contributed by atoms with Gasteiger partial charge in [0.05, 0.1) is 11.1 Å². The number of aromatic amines is 1. The van der Waals surface area contributed by atoms with Crippen molar-refractivity contribution in [1.29, 1.82) is 0 Å². The van der Waals surface area contributed by atoms with E-state index in [1.54, 1.807) is 12.3 Å². The molecule has 2 aromatic carbocycles. The van der Waals surface area contributed by atoms with Crippen molar-refractivity contribution in [3.8, 4) is 22.5 Å². The first-order valence-corrected chi connectivity index (χ1v) is 9.51. The predicted octanol–water partition coefficient (Wildman–Crippen LogP) is 4.34. The lowest BCUT2D eigenvalue weighted by Crippen LogP contribution is -2.11. The molecule has 0 atom stereocenters. The highest BCUT2D eigenvalue weighted by Gasteiger charge is 2.21. The van der Waals surface area contributed by atoms with Gasteiger partial charge in [-0.1, -0.05) is 48.5 Å². The SMILES string of the molecule is NC(=O)c1ccnc2nc(-c3ccc(-c4ccc(CC5CC5)cc4)cc3)[nH]c12. The van der Waals surface area contributed by atoms with Crippen LogP contribution in [-0.2, 0) is 6.42 Å². The molecule has 5 nitrogen and oxygen atoms in total. The lowest BCUT2D eigenvalue weighted by Gasteiger charge is -2.05. The van der Waals surface area contributed by atoms with Crippen molar-refractivity contribution in [2.75, 3.05) is 0 Å². The molecule has 4 aromatic rings. The minimum Gasteiger partial charge on any atom is -0.366 e. The number of rotatable bonds is 5. The highest BCUT2D eigenvalue weighted by atomic mass is 16.1. The van der Waals surface area contributed by atoms with Crippen LogP contribution >= 0.6 is 0 Å². The fourth-order valence-corrected chi connectivity index (χ4v) is 3.56. The number of carbonyl (C=O) groups excluding carboxylic acids is 1. The Balaban J connectivity index is 1.42. The average Bonchev–Trinajstić information content (AvgIpc) is 3.42. The molecule has 0 radical (unpaired) electrons. The molecule has 138 valence electrons. The predicted molar refractivity (Wildman–Crippen MR) is 110 cm³/mol. The van der Waals surface area contributed by atoms with Crippen LogP contribution in [0.15, 0.2) is 60.8 Å². The van der Waals surface area contributed by atoms with Crippen LogP contribution in [0.5, 0.6) is 0 Å². The molecular formula is C23H20N4O. The quantitative estimate of drug-likeness (QED) is 0.549. The van der Waals surface area contributed by atoms with E-state index in [0.717, 1.165) is 17.0 Å².